The van der Waals surface area contributed by atoms with E-state index < -0.39 is 12.1 Å². The molecule has 29 heavy (non-hydrogen) atoms. The van der Waals surface area contributed by atoms with Gasteiger partial charge in [0.2, 0.25) is 11.9 Å². The topological polar surface area (TPSA) is 102 Å². The van der Waals surface area contributed by atoms with Gasteiger partial charge in [0.05, 0.1) is 14.2 Å². The molecule has 2 aromatic carbocycles. The number of para-hydroxylation sites is 2. The van der Waals surface area contributed by atoms with E-state index in [0.717, 1.165) is 0 Å². The van der Waals surface area contributed by atoms with Crippen molar-refractivity contribution < 1.29 is 33.0 Å². The van der Waals surface area contributed by atoms with Gasteiger partial charge in [-0.05, 0) is 30.3 Å². The normalized spacial score (nSPS) is 14.9. The lowest BCUT2D eigenvalue weighted by molar-refractivity contribution is -0.156. The number of methoxy groups -OCH3 is 2. The van der Waals surface area contributed by atoms with Gasteiger partial charge in [0.1, 0.15) is 6.61 Å². The van der Waals surface area contributed by atoms with Gasteiger partial charge in [-0.1, -0.05) is 17.3 Å². The van der Waals surface area contributed by atoms with Gasteiger partial charge in [0, 0.05) is 5.56 Å². The van der Waals surface area contributed by atoms with Crippen molar-refractivity contribution in [1.29, 1.82) is 0 Å². The Morgan fingerprint density at radius 1 is 1.10 bits per heavy atom. The molecule has 0 aliphatic carbocycles. The van der Waals surface area contributed by atoms with Crippen molar-refractivity contribution in [3.8, 4) is 34.4 Å². The van der Waals surface area contributed by atoms with Crippen LogP contribution in [-0.2, 0) is 16.1 Å². The number of hydrogen-bond acceptors (Lipinski definition) is 9. The first-order valence-corrected chi connectivity index (χ1v) is 8.78. The zero-order chi connectivity index (χ0) is 20.2. The molecule has 3 aromatic rings. The highest BCUT2D eigenvalue weighted by molar-refractivity contribution is 5.76. The predicted molar refractivity (Wildman–Crippen MR) is 99.0 cm³/mol. The molecule has 0 spiro atoms. The standard InChI is InChI=1S/C20H18N2O7/c1-24-13-8-7-12(9-16(13)25-2)19-21-18(29-22-19)11-27-20(23)17-10-26-14-5-3-4-6-15(14)28-17/h3-9,17H,10-11H2,1-2H3/t17-/m0/s1. The van der Waals surface area contributed by atoms with Crippen LogP contribution in [0.4, 0.5) is 0 Å². The molecule has 1 atom stereocenters. The maximum Gasteiger partial charge on any atom is 0.351 e. The van der Waals surface area contributed by atoms with E-state index in [1.54, 1.807) is 43.5 Å². The van der Waals surface area contributed by atoms with E-state index in [2.05, 4.69) is 10.1 Å². The van der Waals surface area contributed by atoms with Gasteiger partial charge in [-0.25, -0.2) is 4.79 Å². The molecule has 0 amide bonds. The van der Waals surface area contributed by atoms with Gasteiger partial charge in [0.25, 0.3) is 5.89 Å². The zero-order valence-electron chi connectivity index (χ0n) is 15.8. The number of hydrogen-bond donors (Lipinski definition) is 0. The maximum absolute atomic E-state index is 12.3. The molecular formula is C20H18N2O7. The third kappa shape index (κ3) is 3.93. The van der Waals surface area contributed by atoms with Crippen molar-refractivity contribution in [3.05, 3.63) is 48.4 Å². The summed E-state index contributed by atoms with van der Waals surface area (Å²) in [4.78, 5) is 16.5. The minimum absolute atomic E-state index is 0.0660. The fourth-order valence-electron chi connectivity index (χ4n) is 2.77. The Hall–Kier alpha value is -3.75. The Morgan fingerprint density at radius 3 is 2.69 bits per heavy atom. The van der Waals surface area contributed by atoms with Gasteiger partial charge in [-0.3, -0.25) is 0 Å². The molecule has 1 aliphatic rings. The number of carbonyl (C=O) groups excluding carboxylic acids is 1. The number of ether oxygens (including phenoxy) is 5. The first kappa shape index (κ1) is 18.6. The minimum Gasteiger partial charge on any atom is -0.493 e. The van der Waals surface area contributed by atoms with Crippen LogP contribution in [0, 0.1) is 0 Å². The third-order valence-corrected chi connectivity index (χ3v) is 4.22. The van der Waals surface area contributed by atoms with Crippen LogP contribution in [0.1, 0.15) is 5.89 Å². The Bertz CT molecular complexity index is 1020. The summed E-state index contributed by atoms with van der Waals surface area (Å²) < 4.78 is 32.0. The molecule has 9 nitrogen and oxygen atoms in total. The smallest absolute Gasteiger partial charge is 0.351 e. The van der Waals surface area contributed by atoms with Crippen LogP contribution < -0.4 is 18.9 Å². The van der Waals surface area contributed by atoms with E-state index in [0.29, 0.717) is 34.4 Å². The number of fused-ring (bicyclic) bond motifs is 1. The highest BCUT2D eigenvalue weighted by Gasteiger charge is 2.29. The molecular weight excluding hydrogens is 380 g/mol. The van der Waals surface area contributed by atoms with Crippen molar-refractivity contribution in [2.45, 2.75) is 12.7 Å². The average molecular weight is 398 g/mol. The molecule has 1 aromatic heterocycles. The van der Waals surface area contributed by atoms with Crippen LogP contribution in [0.15, 0.2) is 47.0 Å². The van der Waals surface area contributed by atoms with Crippen LogP contribution in [0.25, 0.3) is 11.4 Å². The quantitative estimate of drug-likeness (QED) is 0.580. The lowest BCUT2D eigenvalue weighted by atomic mass is 10.2. The summed E-state index contributed by atoms with van der Waals surface area (Å²) in [6.07, 6.45) is -0.863. The lowest BCUT2D eigenvalue weighted by Crippen LogP contribution is -2.37. The van der Waals surface area contributed by atoms with E-state index in [9.17, 15) is 4.79 Å². The molecule has 9 heteroatoms. The van der Waals surface area contributed by atoms with Crippen LogP contribution in [0.3, 0.4) is 0 Å². The highest BCUT2D eigenvalue weighted by atomic mass is 16.6. The van der Waals surface area contributed by atoms with E-state index in [-0.39, 0.29) is 19.1 Å². The van der Waals surface area contributed by atoms with Gasteiger partial charge < -0.3 is 28.2 Å². The SMILES string of the molecule is COc1ccc(-c2noc(COC(=O)[C@@H]3COc4ccccc4O3)n2)cc1OC. The van der Waals surface area contributed by atoms with Crippen LogP contribution in [0.2, 0.25) is 0 Å². The number of carbonyl (C=O) groups is 1. The average Bonchev–Trinajstić information content (AvgIpc) is 3.25. The van der Waals surface area contributed by atoms with Gasteiger partial charge in [-0.2, -0.15) is 4.98 Å². The van der Waals surface area contributed by atoms with E-state index in [4.69, 9.17) is 28.2 Å². The second kappa shape index (κ2) is 8.09. The molecule has 0 bridgehead atoms. The zero-order valence-corrected chi connectivity index (χ0v) is 15.8. The Kier molecular flexibility index (Phi) is 5.19. The molecule has 1 aliphatic heterocycles. The molecule has 0 radical (unpaired) electrons. The molecule has 4 rings (SSSR count). The summed E-state index contributed by atoms with van der Waals surface area (Å²) in [5, 5.41) is 3.91. The van der Waals surface area contributed by atoms with Gasteiger partial charge >= 0.3 is 5.97 Å². The van der Waals surface area contributed by atoms with Crippen LogP contribution in [-0.4, -0.2) is 43.0 Å². The summed E-state index contributed by atoms with van der Waals surface area (Å²) in [6, 6.07) is 12.4. The summed E-state index contributed by atoms with van der Waals surface area (Å²) in [6.45, 7) is -0.114. The fourth-order valence-corrected chi connectivity index (χ4v) is 2.77. The van der Waals surface area contributed by atoms with Crippen molar-refractivity contribution in [3.63, 3.8) is 0 Å². The Balaban J connectivity index is 1.38. The first-order chi connectivity index (χ1) is 14.2. The van der Waals surface area contributed by atoms with Crippen molar-refractivity contribution >= 4 is 5.97 Å². The van der Waals surface area contributed by atoms with Crippen LogP contribution in [0.5, 0.6) is 23.0 Å². The summed E-state index contributed by atoms with van der Waals surface area (Å²) in [5.41, 5.74) is 0.671. The molecule has 0 fully saturated rings. The van der Waals surface area contributed by atoms with E-state index in [1.807, 2.05) is 6.07 Å². The Morgan fingerprint density at radius 2 is 1.90 bits per heavy atom. The molecule has 0 N–H and O–H groups in total. The minimum atomic E-state index is -0.863. The third-order valence-electron chi connectivity index (χ3n) is 4.22. The number of benzene rings is 2. The first-order valence-electron chi connectivity index (χ1n) is 8.78. The van der Waals surface area contributed by atoms with Gasteiger partial charge in [-0.15, -0.1) is 0 Å². The largest absolute Gasteiger partial charge is 0.493 e. The molecule has 0 unspecified atom stereocenters. The number of esters is 1. The van der Waals surface area contributed by atoms with Gasteiger partial charge in [0.15, 0.2) is 29.6 Å². The Labute approximate surface area is 166 Å². The number of nitrogens with zero attached hydrogens (tertiary/aromatic N) is 2. The van der Waals surface area contributed by atoms with E-state index >= 15 is 0 Å². The van der Waals surface area contributed by atoms with Crippen molar-refractivity contribution in [2.75, 3.05) is 20.8 Å². The monoisotopic (exact) mass is 398 g/mol. The number of aromatic nitrogens is 2. The van der Waals surface area contributed by atoms with Crippen molar-refractivity contribution in [1.82, 2.24) is 10.1 Å². The van der Waals surface area contributed by atoms with E-state index in [1.165, 1.54) is 7.11 Å². The molecule has 0 saturated carbocycles. The number of rotatable bonds is 6. The van der Waals surface area contributed by atoms with Crippen molar-refractivity contribution in [2.24, 2.45) is 0 Å². The fraction of sp³-hybridized carbons (Fsp3) is 0.250. The highest BCUT2D eigenvalue weighted by Crippen LogP contribution is 2.32. The summed E-state index contributed by atoms with van der Waals surface area (Å²) >= 11 is 0. The second-order valence-electron chi connectivity index (χ2n) is 6.05. The van der Waals surface area contributed by atoms with Crippen LogP contribution >= 0.6 is 0 Å². The molecule has 2 heterocycles. The predicted octanol–water partition coefficient (Wildman–Crippen LogP) is 2.64. The summed E-state index contributed by atoms with van der Waals surface area (Å²) in [7, 11) is 3.09. The lowest BCUT2D eigenvalue weighted by Gasteiger charge is -2.24. The maximum atomic E-state index is 12.3. The molecule has 0 saturated heterocycles. The second-order valence-corrected chi connectivity index (χ2v) is 6.05. The molecule has 150 valence electrons. The summed E-state index contributed by atoms with van der Waals surface area (Å²) in [5.74, 6) is 2.12.